The zero-order chi connectivity index (χ0) is 7.56. The van der Waals surface area contributed by atoms with E-state index in [9.17, 15) is 4.79 Å². The Morgan fingerprint density at radius 1 is 1.60 bits per heavy atom. The van der Waals surface area contributed by atoms with Gasteiger partial charge in [0, 0.05) is 6.42 Å². The Kier molecular flexibility index (Phi) is 1.91. The summed E-state index contributed by atoms with van der Waals surface area (Å²) >= 11 is 0. The zero-order valence-corrected chi connectivity index (χ0v) is 5.32. The summed E-state index contributed by atoms with van der Waals surface area (Å²) in [5, 5.41) is 19.4. The van der Waals surface area contributed by atoms with Gasteiger partial charge in [0.1, 0.15) is 0 Å². The van der Waals surface area contributed by atoms with Gasteiger partial charge in [0.15, 0.2) is 0 Å². The maximum absolute atomic E-state index is 10.0. The van der Waals surface area contributed by atoms with Crippen molar-refractivity contribution in [1.82, 2.24) is 5.32 Å². The molecule has 1 rings (SSSR count). The largest absolute Gasteiger partial charge is 0.465 e. The summed E-state index contributed by atoms with van der Waals surface area (Å²) in [6, 6.07) is -0.215. The van der Waals surface area contributed by atoms with E-state index >= 15 is 0 Å². The first-order chi connectivity index (χ1) is 4.68. The molecule has 3 N–H and O–H groups in total. The van der Waals surface area contributed by atoms with Gasteiger partial charge in [0.2, 0.25) is 0 Å². The Morgan fingerprint density at radius 3 is 2.70 bits per heavy atom. The van der Waals surface area contributed by atoms with Crippen LogP contribution in [-0.2, 0) is 0 Å². The van der Waals surface area contributed by atoms with Gasteiger partial charge in [-0.3, -0.25) is 0 Å². The monoisotopic (exact) mass is 143 g/mol. The van der Waals surface area contributed by atoms with E-state index in [2.05, 4.69) is 5.32 Å². The van der Waals surface area contributed by atoms with Gasteiger partial charge in [-0.05, 0) is 0 Å². The Hall–Kier alpha value is -1.03. The third-order valence-electron chi connectivity index (χ3n) is 1.37. The number of hydrogen-bond donors (Lipinski definition) is 3. The summed E-state index contributed by atoms with van der Waals surface area (Å²) in [5.74, 6) is 0. The van der Waals surface area contributed by atoms with Crippen LogP contribution in [0.25, 0.3) is 0 Å². The van der Waals surface area contributed by atoms with Crippen LogP contribution in [-0.4, -0.2) is 28.5 Å². The van der Waals surface area contributed by atoms with Gasteiger partial charge < -0.3 is 15.5 Å². The lowest BCUT2D eigenvalue weighted by Crippen LogP contribution is -2.31. The number of amides is 1. The Balaban J connectivity index is 2.33. The fourth-order valence-electron chi connectivity index (χ4n) is 0.945. The molecule has 10 heavy (non-hydrogen) atoms. The summed E-state index contributed by atoms with van der Waals surface area (Å²) in [6.45, 7) is 0. The van der Waals surface area contributed by atoms with E-state index in [1.54, 1.807) is 12.2 Å². The first-order valence-corrected chi connectivity index (χ1v) is 3.04. The van der Waals surface area contributed by atoms with Crippen molar-refractivity contribution in [3.63, 3.8) is 0 Å². The van der Waals surface area contributed by atoms with Gasteiger partial charge in [-0.1, -0.05) is 12.2 Å². The molecule has 1 amide bonds. The molecule has 4 nitrogen and oxygen atoms in total. The minimum Gasteiger partial charge on any atom is -0.465 e. The molecule has 0 aromatic heterocycles. The highest BCUT2D eigenvalue weighted by Crippen LogP contribution is 2.09. The maximum Gasteiger partial charge on any atom is 0.405 e. The molecule has 0 spiro atoms. The average molecular weight is 143 g/mol. The maximum atomic E-state index is 10.0. The van der Waals surface area contributed by atoms with Gasteiger partial charge in [-0.25, -0.2) is 4.79 Å². The molecule has 0 aromatic carbocycles. The fraction of sp³-hybridized carbons (Fsp3) is 0.500. The average Bonchev–Trinajstić information content (AvgIpc) is 2.13. The van der Waals surface area contributed by atoms with Gasteiger partial charge in [0.25, 0.3) is 0 Å². The highest BCUT2D eigenvalue weighted by Gasteiger charge is 2.17. The molecule has 0 radical (unpaired) electrons. The topological polar surface area (TPSA) is 69.6 Å². The third-order valence-corrected chi connectivity index (χ3v) is 1.37. The standard InChI is InChI=1S/C6H9NO3/c8-5-2-1-4(3-5)7-6(9)10/h1-2,4-5,7-8H,3H2,(H,9,10)/t4-,5-/m1/s1. The van der Waals surface area contributed by atoms with Crippen LogP contribution in [0.1, 0.15) is 6.42 Å². The smallest absolute Gasteiger partial charge is 0.405 e. The molecule has 1 aliphatic rings. The summed E-state index contributed by atoms with van der Waals surface area (Å²) in [5.41, 5.74) is 0. The van der Waals surface area contributed by atoms with E-state index in [0.717, 1.165) is 0 Å². The van der Waals surface area contributed by atoms with Gasteiger partial charge in [-0.2, -0.15) is 0 Å². The second-order valence-electron chi connectivity index (χ2n) is 2.24. The molecular formula is C6H9NO3. The lowest BCUT2D eigenvalue weighted by molar-refractivity contribution is 0.184. The van der Waals surface area contributed by atoms with Crippen molar-refractivity contribution in [3.05, 3.63) is 12.2 Å². The Bertz CT molecular complexity index is 166. The number of nitrogens with one attached hydrogen (secondary N) is 1. The normalized spacial score (nSPS) is 30.5. The molecule has 0 saturated heterocycles. The minimum atomic E-state index is -1.05. The molecule has 0 bridgehead atoms. The van der Waals surface area contributed by atoms with Gasteiger partial charge in [0.05, 0.1) is 12.1 Å². The summed E-state index contributed by atoms with van der Waals surface area (Å²) in [7, 11) is 0. The molecule has 0 aromatic rings. The Labute approximate surface area is 58.2 Å². The predicted molar refractivity (Wildman–Crippen MR) is 34.7 cm³/mol. The lowest BCUT2D eigenvalue weighted by atomic mass is 10.2. The summed E-state index contributed by atoms with van der Waals surface area (Å²) in [4.78, 5) is 10.0. The van der Waals surface area contributed by atoms with Crippen LogP contribution in [0.4, 0.5) is 4.79 Å². The molecule has 0 unspecified atom stereocenters. The van der Waals surface area contributed by atoms with Crippen LogP contribution in [0.15, 0.2) is 12.2 Å². The SMILES string of the molecule is O=C(O)N[C@@H]1C=C[C@@H](O)C1. The van der Waals surface area contributed by atoms with E-state index in [0.29, 0.717) is 6.42 Å². The number of aliphatic hydroxyl groups excluding tert-OH is 1. The molecule has 2 atom stereocenters. The van der Waals surface area contributed by atoms with Crippen molar-refractivity contribution in [2.75, 3.05) is 0 Å². The third kappa shape index (κ3) is 1.73. The minimum absolute atomic E-state index is 0.215. The zero-order valence-electron chi connectivity index (χ0n) is 5.32. The van der Waals surface area contributed by atoms with Crippen LogP contribution in [0.3, 0.4) is 0 Å². The van der Waals surface area contributed by atoms with Crippen molar-refractivity contribution < 1.29 is 15.0 Å². The second-order valence-corrected chi connectivity index (χ2v) is 2.24. The number of carboxylic acid groups (broad SMARTS) is 1. The van der Waals surface area contributed by atoms with Crippen LogP contribution in [0.2, 0.25) is 0 Å². The number of hydrogen-bond acceptors (Lipinski definition) is 2. The Morgan fingerprint density at radius 2 is 2.30 bits per heavy atom. The highest BCUT2D eigenvalue weighted by atomic mass is 16.4. The van der Waals surface area contributed by atoms with Crippen molar-refractivity contribution in [2.24, 2.45) is 0 Å². The predicted octanol–water partition coefficient (Wildman–Crippen LogP) is -0.0566. The first-order valence-electron chi connectivity index (χ1n) is 3.04. The van der Waals surface area contributed by atoms with Crippen LogP contribution < -0.4 is 5.32 Å². The van der Waals surface area contributed by atoms with Crippen LogP contribution in [0.5, 0.6) is 0 Å². The fourth-order valence-corrected chi connectivity index (χ4v) is 0.945. The first kappa shape index (κ1) is 7.08. The van der Waals surface area contributed by atoms with Crippen molar-refractivity contribution in [1.29, 1.82) is 0 Å². The molecule has 0 heterocycles. The quantitative estimate of drug-likeness (QED) is 0.450. The molecule has 0 aliphatic heterocycles. The summed E-state index contributed by atoms with van der Waals surface area (Å²) in [6.07, 6.45) is 2.15. The molecule has 0 saturated carbocycles. The van der Waals surface area contributed by atoms with E-state index in [4.69, 9.17) is 10.2 Å². The molecule has 0 fully saturated rings. The van der Waals surface area contributed by atoms with E-state index in [-0.39, 0.29) is 6.04 Å². The van der Waals surface area contributed by atoms with E-state index < -0.39 is 12.2 Å². The molecule has 4 heteroatoms. The number of rotatable bonds is 1. The van der Waals surface area contributed by atoms with Crippen LogP contribution in [0, 0.1) is 0 Å². The lowest BCUT2D eigenvalue weighted by Gasteiger charge is -2.06. The van der Waals surface area contributed by atoms with Crippen LogP contribution >= 0.6 is 0 Å². The second kappa shape index (κ2) is 2.70. The van der Waals surface area contributed by atoms with Crippen molar-refractivity contribution in [3.8, 4) is 0 Å². The number of aliphatic hydroxyl groups is 1. The molecule has 1 aliphatic carbocycles. The van der Waals surface area contributed by atoms with Gasteiger partial charge in [-0.15, -0.1) is 0 Å². The van der Waals surface area contributed by atoms with Crippen molar-refractivity contribution >= 4 is 6.09 Å². The van der Waals surface area contributed by atoms with E-state index in [1.807, 2.05) is 0 Å². The van der Waals surface area contributed by atoms with Crippen molar-refractivity contribution in [2.45, 2.75) is 18.6 Å². The number of carbonyl (C=O) groups is 1. The van der Waals surface area contributed by atoms with Gasteiger partial charge >= 0.3 is 6.09 Å². The molecule has 56 valence electrons. The van der Waals surface area contributed by atoms with E-state index in [1.165, 1.54) is 0 Å². The highest BCUT2D eigenvalue weighted by molar-refractivity contribution is 5.65. The molecular weight excluding hydrogens is 134 g/mol. The summed E-state index contributed by atoms with van der Waals surface area (Å²) < 4.78 is 0.